The Morgan fingerprint density at radius 2 is 1.85 bits per heavy atom. The van der Waals surface area contributed by atoms with Crippen LogP contribution in [0.15, 0.2) is 17.0 Å². The zero-order valence-corrected chi connectivity index (χ0v) is 13.6. The predicted molar refractivity (Wildman–Crippen MR) is 79.3 cm³/mol. The summed E-state index contributed by atoms with van der Waals surface area (Å²) in [5.74, 6) is -1.21. The Morgan fingerprint density at radius 1 is 1.30 bits per heavy atom. The number of carbonyl (C=O) groups is 1. The van der Waals surface area contributed by atoms with E-state index in [1.54, 1.807) is 0 Å². The first kappa shape index (κ1) is 17.0. The second-order valence-electron chi connectivity index (χ2n) is 6.01. The van der Waals surface area contributed by atoms with Crippen LogP contribution in [-0.4, -0.2) is 25.2 Å². The molecule has 4 nitrogen and oxygen atoms in total. The Kier molecular flexibility index (Phi) is 4.87. The summed E-state index contributed by atoms with van der Waals surface area (Å²) in [6, 6.07) is 2.59. The molecule has 1 rings (SSSR count). The first-order valence-electron chi connectivity index (χ1n) is 6.20. The van der Waals surface area contributed by atoms with E-state index in [9.17, 15) is 13.2 Å². The van der Waals surface area contributed by atoms with Crippen molar-refractivity contribution >= 4 is 27.4 Å². The number of rotatable bonds is 4. The van der Waals surface area contributed by atoms with Crippen LogP contribution in [0.5, 0.6) is 0 Å². The van der Waals surface area contributed by atoms with Crippen LogP contribution in [0.3, 0.4) is 0 Å². The van der Waals surface area contributed by atoms with E-state index in [1.165, 1.54) is 19.1 Å². The van der Waals surface area contributed by atoms with E-state index in [0.29, 0.717) is 6.42 Å². The van der Waals surface area contributed by atoms with Crippen LogP contribution in [0.4, 0.5) is 0 Å². The molecule has 1 aromatic rings. The number of carboxylic acids is 1. The lowest BCUT2D eigenvalue weighted by Crippen LogP contribution is -2.16. The summed E-state index contributed by atoms with van der Waals surface area (Å²) < 4.78 is 24.8. The maximum Gasteiger partial charge on any atom is 0.336 e. The quantitative estimate of drug-likeness (QED) is 0.921. The Labute approximate surface area is 124 Å². The van der Waals surface area contributed by atoms with E-state index in [4.69, 9.17) is 16.7 Å². The Balaban J connectivity index is 3.29. The highest BCUT2D eigenvalue weighted by molar-refractivity contribution is 7.91. The summed E-state index contributed by atoms with van der Waals surface area (Å²) >= 11 is 5.83. The largest absolute Gasteiger partial charge is 0.478 e. The van der Waals surface area contributed by atoms with Crippen LogP contribution in [0.25, 0.3) is 0 Å². The van der Waals surface area contributed by atoms with E-state index in [-0.39, 0.29) is 32.2 Å². The van der Waals surface area contributed by atoms with Gasteiger partial charge in [0.25, 0.3) is 0 Å². The van der Waals surface area contributed by atoms with Crippen molar-refractivity contribution in [2.75, 3.05) is 5.75 Å². The summed E-state index contributed by atoms with van der Waals surface area (Å²) in [5.41, 5.74) is 0.0393. The van der Waals surface area contributed by atoms with Crippen molar-refractivity contribution in [3.63, 3.8) is 0 Å². The number of benzene rings is 1. The van der Waals surface area contributed by atoms with Crippen LogP contribution in [-0.2, 0) is 9.84 Å². The fourth-order valence-corrected chi connectivity index (χ4v) is 4.02. The third kappa shape index (κ3) is 4.21. The summed E-state index contributed by atoms with van der Waals surface area (Å²) in [6.07, 6.45) is 0.490. The fourth-order valence-electron chi connectivity index (χ4n) is 1.75. The second kappa shape index (κ2) is 5.74. The molecule has 0 aliphatic rings. The molecular formula is C14H19ClO4S. The second-order valence-corrected chi connectivity index (χ2v) is 8.53. The molecule has 1 N–H and O–H groups in total. The molecule has 0 unspecified atom stereocenters. The fraction of sp³-hybridized carbons (Fsp3) is 0.500. The van der Waals surface area contributed by atoms with Gasteiger partial charge in [0, 0.05) is 5.02 Å². The number of hydrogen-bond donors (Lipinski definition) is 1. The zero-order chi connectivity index (χ0) is 15.7. The molecular weight excluding hydrogens is 300 g/mol. The lowest BCUT2D eigenvalue weighted by atomic mass is 9.94. The molecule has 112 valence electrons. The minimum absolute atomic E-state index is 0.00616. The minimum atomic E-state index is -3.55. The van der Waals surface area contributed by atoms with Crippen LogP contribution < -0.4 is 0 Å². The lowest BCUT2D eigenvalue weighted by Gasteiger charge is -2.18. The van der Waals surface area contributed by atoms with Gasteiger partial charge in [-0.2, -0.15) is 0 Å². The molecule has 0 saturated carbocycles. The van der Waals surface area contributed by atoms with Crippen molar-refractivity contribution in [1.82, 2.24) is 0 Å². The highest BCUT2D eigenvalue weighted by Gasteiger charge is 2.24. The monoisotopic (exact) mass is 318 g/mol. The highest BCUT2D eigenvalue weighted by atomic mass is 35.5. The lowest BCUT2D eigenvalue weighted by molar-refractivity contribution is 0.0696. The molecule has 0 bridgehead atoms. The van der Waals surface area contributed by atoms with Crippen molar-refractivity contribution in [2.45, 2.75) is 39.0 Å². The molecule has 0 spiro atoms. The first-order chi connectivity index (χ1) is 8.94. The standard InChI is InChI=1S/C14H19ClO4S/c1-9-11(13(16)17)7-10(15)8-12(9)20(18,19)6-5-14(2,3)4/h7-8H,5-6H2,1-4H3,(H,16,17). The van der Waals surface area contributed by atoms with E-state index in [2.05, 4.69) is 0 Å². The Morgan fingerprint density at radius 3 is 2.30 bits per heavy atom. The van der Waals surface area contributed by atoms with Crippen LogP contribution in [0.2, 0.25) is 5.02 Å². The van der Waals surface area contributed by atoms with E-state index < -0.39 is 15.8 Å². The van der Waals surface area contributed by atoms with Crippen molar-refractivity contribution in [3.8, 4) is 0 Å². The van der Waals surface area contributed by atoms with Gasteiger partial charge in [0.2, 0.25) is 0 Å². The highest BCUT2D eigenvalue weighted by Crippen LogP contribution is 2.28. The SMILES string of the molecule is Cc1c(C(=O)O)cc(Cl)cc1S(=O)(=O)CCC(C)(C)C. The van der Waals surface area contributed by atoms with Crippen LogP contribution in [0.1, 0.15) is 43.1 Å². The number of halogens is 1. The Hall–Kier alpha value is -1.07. The molecule has 6 heteroatoms. The smallest absolute Gasteiger partial charge is 0.336 e. The predicted octanol–water partition coefficient (Wildman–Crippen LogP) is 3.56. The average molecular weight is 319 g/mol. The van der Waals surface area contributed by atoms with Gasteiger partial charge in [-0.05, 0) is 36.5 Å². The summed E-state index contributed by atoms with van der Waals surface area (Å²) in [6.45, 7) is 7.35. The molecule has 20 heavy (non-hydrogen) atoms. The first-order valence-corrected chi connectivity index (χ1v) is 8.23. The molecule has 0 amide bonds. The third-order valence-corrected chi connectivity index (χ3v) is 5.07. The Bertz CT molecular complexity index is 627. The minimum Gasteiger partial charge on any atom is -0.478 e. The molecule has 0 aliphatic heterocycles. The maximum atomic E-state index is 12.4. The van der Waals surface area contributed by atoms with Gasteiger partial charge in [0.15, 0.2) is 9.84 Å². The van der Waals surface area contributed by atoms with Gasteiger partial charge in [0.1, 0.15) is 0 Å². The number of carboxylic acid groups (broad SMARTS) is 1. The normalized spacial score (nSPS) is 12.4. The van der Waals surface area contributed by atoms with Gasteiger partial charge in [0.05, 0.1) is 16.2 Å². The van der Waals surface area contributed by atoms with Crippen LogP contribution >= 0.6 is 11.6 Å². The van der Waals surface area contributed by atoms with E-state index in [0.717, 1.165) is 0 Å². The van der Waals surface area contributed by atoms with Gasteiger partial charge in [-0.3, -0.25) is 0 Å². The number of sulfone groups is 1. The molecule has 1 aromatic carbocycles. The van der Waals surface area contributed by atoms with E-state index >= 15 is 0 Å². The number of hydrogen-bond acceptors (Lipinski definition) is 3. The van der Waals surface area contributed by atoms with E-state index in [1.807, 2.05) is 20.8 Å². The molecule has 0 fully saturated rings. The van der Waals surface area contributed by atoms with Crippen molar-refractivity contribution in [3.05, 3.63) is 28.3 Å². The van der Waals surface area contributed by atoms with Crippen molar-refractivity contribution in [2.24, 2.45) is 5.41 Å². The molecule has 0 atom stereocenters. The summed E-state index contributed by atoms with van der Waals surface area (Å²) in [7, 11) is -3.55. The molecule has 0 saturated heterocycles. The van der Waals surface area contributed by atoms with Gasteiger partial charge >= 0.3 is 5.97 Å². The molecule has 0 aromatic heterocycles. The van der Waals surface area contributed by atoms with Crippen molar-refractivity contribution in [1.29, 1.82) is 0 Å². The summed E-state index contributed by atoms with van der Waals surface area (Å²) in [5, 5.41) is 9.20. The van der Waals surface area contributed by atoms with Gasteiger partial charge < -0.3 is 5.11 Å². The van der Waals surface area contributed by atoms with Gasteiger partial charge in [-0.25, -0.2) is 13.2 Å². The molecule has 0 aliphatic carbocycles. The topological polar surface area (TPSA) is 71.4 Å². The number of aromatic carboxylic acids is 1. The van der Waals surface area contributed by atoms with Gasteiger partial charge in [-0.15, -0.1) is 0 Å². The zero-order valence-electron chi connectivity index (χ0n) is 12.0. The van der Waals surface area contributed by atoms with Crippen molar-refractivity contribution < 1.29 is 18.3 Å². The average Bonchev–Trinajstić information content (AvgIpc) is 2.28. The molecule has 0 radical (unpaired) electrons. The van der Waals surface area contributed by atoms with Crippen LogP contribution in [0, 0.1) is 12.3 Å². The third-order valence-electron chi connectivity index (χ3n) is 3.01. The maximum absolute atomic E-state index is 12.4. The molecule has 0 heterocycles. The summed E-state index contributed by atoms with van der Waals surface area (Å²) in [4.78, 5) is 11.1. The van der Waals surface area contributed by atoms with Gasteiger partial charge in [-0.1, -0.05) is 32.4 Å².